The van der Waals surface area contributed by atoms with Crippen molar-refractivity contribution in [3.63, 3.8) is 0 Å². The Morgan fingerprint density at radius 2 is 1.88 bits per heavy atom. The summed E-state index contributed by atoms with van der Waals surface area (Å²) >= 11 is 0. The summed E-state index contributed by atoms with van der Waals surface area (Å²) in [6.45, 7) is 2.59. The highest BCUT2D eigenvalue weighted by Crippen LogP contribution is 2.33. The zero-order valence-corrected chi connectivity index (χ0v) is 18.7. The second kappa shape index (κ2) is 9.16. The summed E-state index contributed by atoms with van der Waals surface area (Å²) in [4.78, 5) is 12.3. The summed E-state index contributed by atoms with van der Waals surface area (Å²) in [5, 5.41) is 23.2. The van der Waals surface area contributed by atoms with E-state index < -0.39 is 0 Å². The van der Waals surface area contributed by atoms with Crippen molar-refractivity contribution in [3.05, 3.63) is 78.1 Å². The minimum atomic E-state index is -0.241. The van der Waals surface area contributed by atoms with Crippen LogP contribution in [0.3, 0.4) is 0 Å². The molecule has 0 radical (unpaired) electrons. The molecule has 4 aromatic rings. The van der Waals surface area contributed by atoms with Gasteiger partial charge in [0, 0.05) is 17.8 Å². The first-order valence-electron chi connectivity index (χ1n) is 11.2. The van der Waals surface area contributed by atoms with E-state index in [1.807, 2.05) is 61.5 Å². The van der Waals surface area contributed by atoms with Gasteiger partial charge in [-0.15, -0.1) is 0 Å². The Bertz CT molecular complexity index is 1370. The van der Waals surface area contributed by atoms with Crippen LogP contribution in [-0.2, 0) is 0 Å². The van der Waals surface area contributed by atoms with Gasteiger partial charge in [-0.3, -0.25) is 0 Å². The molecule has 0 spiro atoms. The number of nitriles is 1. The van der Waals surface area contributed by atoms with Gasteiger partial charge in [0.25, 0.3) is 0 Å². The molecule has 8 heteroatoms. The Morgan fingerprint density at radius 3 is 2.59 bits per heavy atom. The maximum atomic E-state index is 12.3. The molecule has 3 N–H and O–H groups in total. The van der Waals surface area contributed by atoms with Gasteiger partial charge in [0.05, 0.1) is 34.8 Å². The van der Waals surface area contributed by atoms with E-state index >= 15 is 0 Å². The number of amides is 2. The highest BCUT2D eigenvalue weighted by Gasteiger charge is 2.22. The number of aryl methyl sites for hydroxylation is 1. The average Bonchev–Trinajstić information content (AvgIpc) is 3.63. The van der Waals surface area contributed by atoms with Gasteiger partial charge in [0.15, 0.2) is 0 Å². The molecule has 1 saturated carbocycles. The van der Waals surface area contributed by atoms with Crippen LogP contribution < -0.4 is 20.7 Å². The number of ether oxygens (including phenoxy) is 1. The smallest absolute Gasteiger partial charge is 0.319 e. The summed E-state index contributed by atoms with van der Waals surface area (Å²) in [5.74, 6) is 2.07. The Morgan fingerprint density at radius 1 is 1.15 bits per heavy atom. The molecular formula is C26H24N6O2. The van der Waals surface area contributed by atoms with Crippen molar-refractivity contribution < 1.29 is 9.53 Å². The van der Waals surface area contributed by atoms with Crippen molar-refractivity contribution >= 4 is 28.6 Å². The molecule has 1 aliphatic rings. The van der Waals surface area contributed by atoms with Gasteiger partial charge in [-0.05, 0) is 62.1 Å². The molecule has 0 saturated heterocycles. The minimum absolute atomic E-state index is 0.241. The number of nitrogens with one attached hydrogen (secondary N) is 3. The van der Waals surface area contributed by atoms with Crippen molar-refractivity contribution in [2.45, 2.75) is 19.8 Å². The van der Waals surface area contributed by atoms with Crippen LogP contribution in [0.4, 0.5) is 21.9 Å². The molecule has 5 rings (SSSR count). The van der Waals surface area contributed by atoms with E-state index in [1.54, 1.807) is 10.7 Å². The first kappa shape index (κ1) is 21.3. The third-order valence-electron chi connectivity index (χ3n) is 5.78. The van der Waals surface area contributed by atoms with Crippen LogP contribution in [0.15, 0.2) is 67.0 Å². The molecule has 2 amide bonds. The minimum Gasteiger partial charge on any atom is -0.457 e. The van der Waals surface area contributed by atoms with Crippen molar-refractivity contribution in [1.29, 1.82) is 5.26 Å². The van der Waals surface area contributed by atoms with Gasteiger partial charge in [-0.1, -0.05) is 18.2 Å². The van der Waals surface area contributed by atoms with E-state index in [9.17, 15) is 10.1 Å². The van der Waals surface area contributed by atoms with Crippen molar-refractivity contribution in [2.24, 2.45) is 5.92 Å². The predicted molar refractivity (Wildman–Crippen MR) is 131 cm³/mol. The molecule has 0 bridgehead atoms. The lowest BCUT2D eigenvalue weighted by Crippen LogP contribution is -2.30. The number of para-hydroxylation sites is 1. The molecule has 0 aliphatic heterocycles. The molecule has 2 heterocycles. The number of anilines is 3. The maximum absolute atomic E-state index is 12.3. The third kappa shape index (κ3) is 4.64. The van der Waals surface area contributed by atoms with E-state index in [1.165, 1.54) is 19.0 Å². The fourth-order valence-corrected chi connectivity index (χ4v) is 3.73. The number of aromatic nitrogens is 2. The summed E-state index contributed by atoms with van der Waals surface area (Å²) in [5.41, 5.74) is 4.01. The van der Waals surface area contributed by atoms with Crippen molar-refractivity contribution in [3.8, 4) is 17.6 Å². The van der Waals surface area contributed by atoms with Crippen molar-refractivity contribution in [2.75, 3.05) is 17.2 Å². The molecule has 170 valence electrons. The van der Waals surface area contributed by atoms with Crippen LogP contribution in [-0.4, -0.2) is 22.2 Å². The van der Waals surface area contributed by atoms with Gasteiger partial charge >= 0.3 is 6.03 Å². The standard InChI is InChI=1S/C26H24N6O2/c1-17-23(31-26(33)28-14-18-7-8-18)16-32-25(17)24(19(13-27)15-29-32)30-20-9-11-22(12-10-20)34-21-5-3-2-4-6-21/h2-6,9-12,15-16,18,30H,7-8,14H2,1H3,(H2,28,31,33). The number of hydrogen-bond acceptors (Lipinski definition) is 5. The maximum Gasteiger partial charge on any atom is 0.319 e. The summed E-state index contributed by atoms with van der Waals surface area (Å²) < 4.78 is 7.52. The van der Waals surface area contributed by atoms with Gasteiger partial charge in [0.2, 0.25) is 0 Å². The fourth-order valence-electron chi connectivity index (χ4n) is 3.73. The summed E-state index contributed by atoms with van der Waals surface area (Å²) in [6.07, 6.45) is 5.61. The molecule has 0 atom stereocenters. The third-order valence-corrected chi connectivity index (χ3v) is 5.78. The van der Waals surface area contributed by atoms with E-state index in [0.717, 1.165) is 22.5 Å². The van der Waals surface area contributed by atoms with E-state index in [4.69, 9.17) is 4.74 Å². The summed E-state index contributed by atoms with van der Waals surface area (Å²) in [6, 6.07) is 19.0. The second-order valence-electron chi connectivity index (χ2n) is 8.35. The quantitative estimate of drug-likeness (QED) is 0.340. The molecule has 8 nitrogen and oxygen atoms in total. The fraction of sp³-hybridized carbons (Fsp3) is 0.192. The number of urea groups is 1. The van der Waals surface area contributed by atoms with Crippen LogP contribution >= 0.6 is 0 Å². The van der Waals surface area contributed by atoms with Crippen LogP contribution in [0.5, 0.6) is 11.5 Å². The van der Waals surface area contributed by atoms with E-state index in [0.29, 0.717) is 35.2 Å². The summed E-state index contributed by atoms with van der Waals surface area (Å²) in [7, 11) is 0. The lowest BCUT2D eigenvalue weighted by molar-refractivity contribution is 0.251. The normalized spacial score (nSPS) is 12.7. The molecule has 0 unspecified atom stereocenters. The average molecular weight is 453 g/mol. The largest absolute Gasteiger partial charge is 0.457 e. The highest BCUT2D eigenvalue weighted by molar-refractivity contribution is 5.94. The van der Waals surface area contributed by atoms with Crippen LogP contribution in [0.1, 0.15) is 24.0 Å². The van der Waals surface area contributed by atoms with Crippen LogP contribution in [0.25, 0.3) is 5.52 Å². The Labute approximate surface area is 197 Å². The Hall–Kier alpha value is -4.51. The zero-order chi connectivity index (χ0) is 23.5. The number of carbonyl (C=O) groups excluding carboxylic acids is 1. The van der Waals surface area contributed by atoms with Crippen LogP contribution in [0, 0.1) is 24.2 Å². The van der Waals surface area contributed by atoms with Crippen molar-refractivity contribution in [1.82, 2.24) is 14.9 Å². The van der Waals surface area contributed by atoms with E-state index in [-0.39, 0.29) is 6.03 Å². The van der Waals surface area contributed by atoms with Gasteiger partial charge < -0.3 is 20.7 Å². The van der Waals surface area contributed by atoms with Gasteiger partial charge in [-0.2, -0.15) is 10.4 Å². The van der Waals surface area contributed by atoms with Crippen LogP contribution in [0.2, 0.25) is 0 Å². The number of rotatable bonds is 7. The number of hydrogen-bond donors (Lipinski definition) is 3. The molecule has 1 aliphatic carbocycles. The lowest BCUT2D eigenvalue weighted by Gasteiger charge is -2.12. The predicted octanol–water partition coefficient (Wildman–Crippen LogP) is 5.58. The number of carbonyl (C=O) groups is 1. The molecular weight excluding hydrogens is 428 g/mol. The van der Waals surface area contributed by atoms with Gasteiger partial charge in [0.1, 0.15) is 17.6 Å². The molecule has 1 fully saturated rings. The van der Waals surface area contributed by atoms with Gasteiger partial charge in [-0.25, -0.2) is 9.31 Å². The topological polar surface area (TPSA) is 103 Å². The number of benzene rings is 2. The Balaban J connectivity index is 1.38. The number of nitrogens with zero attached hydrogens (tertiary/aromatic N) is 3. The molecule has 2 aromatic carbocycles. The van der Waals surface area contributed by atoms with E-state index in [2.05, 4.69) is 27.1 Å². The molecule has 34 heavy (non-hydrogen) atoms. The SMILES string of the molecule is Cc1c(NC(=O)NCC2CC2)cn2ncc(C#N)c(Nc3ccc(Oc4ccccc4)cc3)c12. The monoisotopic (exact) mass is 452 g/mol. The Kier molecular flexibility index (Phi) is 5.75. The number of fused-ring (bicyclic) bond motifs is 1. The first-order valence-corrected chi connectivity index (χ1v) is 11.2. The highest BCUT2D eigenvalue weighted by atomic mass is 16.5. The lowest BCUT2D eigenvalue weighted by atomic mass is 10.1. The zero-order valence-electron chi connectivity index (χ0n) is 18.7. The second-order valence-corrected chi connectivity index (χ2v) is 8.35. The molecule has 2 aromatic heterocycles. The first-order chi connectivity index (χ1) is 16.6.